The van der Waals surface area contributed by atoms with Crippen LogP contribution >= 0.6 is 0 Å². The van der Waals surface area contributed by atoms with Crippen molar-refractivity contribution in [2.75, 3.05) is 31.2 Å². The number of para-hydroxylation sites is 1. The van der Waals surface area contributed by atoms with Crippen LogP contribution < -0.4 is 10.3 Å². The molecule has 3 aromatic carbocycles. The second-order valence-corrected chi connectivity index (χ2v) is 6.18. The van der Waals surface area contributed by atoms with Crippen LogP contribution in [0.15, 0.2) is 72.8 Å². The molecule has 0 bridgehead atoms. The molecule has 0 radical (unpaired) electrons. The topological polar surface area (TPSA) is 35.6 Å². The lowest BCUT2D eigenvalue weighted by molar-refractivity contribution is 0.0882. The Labute approximate surface area is 147 Å². The fourth-order valence-corrected chi connectivity index (χ4v) is 3.36. The maximum absolute atomic E-state index is 13.5. The van der Waals surface area contributed by atoms with Gasteiger partial charge < -0.3 is 5.32 Å². The quantitative estimate of drug-likeness (QED) is 0.800. The van der Waals surface area contributed by atoms with Crippen molar-refractivity contribution in [1.29, 1.82) is 0 Å². The predicted octanol–water partition coefficient (Wildman–Crippen LogP) is 3.31. The third kappa shape index (κ3) is 3.14. The molecular weight excluding hydrogens is 310 g/mol. The number of nitrogens with zero attached hydrogens (tertiary/aromatic N) is 2. The van der Waals surface area contributed by atoms with Crippen LogP contribution in [0.2, 0.25) is 0 Å². The van der Waals surface area contributed by atoms with Crippen LogP contribution in [0.25, 0.3) is 10.8 Å². The van der Waals surface area contributed by atoms with Gasteiger partial charge in [0.25, 0.3) is 5.91 Å². The van der Waals surface area contributed by atoms with E-state index in [9.17, 15) is 4.79 Å². The van der Waals surface area contributed by atoms with Crippen LogP contribution in [-0.2, 0) is 0 Å². The average Bonchev–Trinajstić information content (AvgIpc) is 2.69. The van der Waals surface area contributed by atoms with E-state index in [4.69, 9.17) is 0 Å². The van der Waals surface area contributed by atoms with Gasteiger partial charge in [-0.25, -0.2) is 10.0 Å². The number of benzene rings is 3. The minimum absolute atomic E-state index is 0.0184. The Morgan fingerprint density at radius 3 is 2.32 bits per heavy atom. The summed E-state index contributed by atoms with van der Waals surface area (Å²) >= 11 is 0. The summed E-state index contributed by atoms with van der Waals surface area (Å²) in [5.74, 6) is 0.0184. The van der Waals surface area contributed by atoms with Crippen molar-refractivity contribution in [2.45, 2.75) is 0 Å². The van der Waals surface area contributed by atoms with Crippen LogP contribution in [0, 0.1) is 0 Å². The number of hydrogen-bond donors (Lipinski definition) is 1. The van der Waals surface area contributed by atoms with Crippen LogP contribution in [0.4, 0.5) is 5.69 Å². The highest BCUT2D eigenvalue weighted by Crippen LogP contribution is 2.24. The molecule has 1 amide bonds. The highest BCUT2D eigenvalue weighted by Gasteiger charge is 2.26. The van der Waals surface area contributed by atoms with Crippen molar-refractivity contribution >= 4 is 22.4 Å². The summed E-state index contributed by atoms with van der Waals surface area (Å²) in [5.41, 5.74) is 1.64. The molecule has 0 saturated carbocycles. The molecule has 1 aliphatic heterocycles. The zero-order valence-corrected chi connectivity index (χ0v) is 14.1. The smallest absolute Gasteiger partial charge is 0.273 e. The van der Waals surface area contributed by atoms with Crippen molar-refractivity contribution in [3.8, 4) is 0 Å². The normalized spacial score (nSPS) is 15.2. The van der Waals surface area contributed by atoms with Gasteiger partial charge in [-0.05, 0) is 29.0 Å². The monoisotopic (exact) mass is 331 g/mol. The van der Waals surface area contributed by atoms with Gasteiger partial charge in [-0.2, -0.15) is 0 Å². The van der Waals surface area contributed by atoms with Crippen LogP contribution in [0.5, 0.6) is 0 Å². The zero-order valence-electron chi connectivity index (χ0n) is 14.1. The lowest BCUT2D eigenvalue weighted by Crippen LogP contribution is -2.55. The summed E-state index contributed by atoms with van der Waals surface area (Å²) in [7, 11) is 0. The third-order valence-electron chi connectivity index (χ3n) is 4.59. The highest BCUT2D eigenvalue weighted by atomic mass is 16.2. The van der Waals surface area contributed by atoms with E-state index >= 15 is 0 Å². The van der Waals surface area contributed by atoms with Gasteiger partial charge in [0.05, 0.1) is 5.69 Å². The molecule has 1 saturated heterocycles. The van der Waals surface area contributed by atoms with Crippen LogP contribution in [0.3, 0.4) is 0 Å². The molecule has 0 aromatic heterocycles. The zero-order chi connectivity index (χ0) is 17.1. The molecule has 0 aliphatic carbocycles. The molecule has 1 aliphatic rings. The number of hydrazine groups is 1. The van der Waals surface area contributed by atoms with Gasteiger partial charge in [-0.3, -0.25) is 4.79 Å². The molecule has 3 aromatic rings. The molecule has 0 spiro atoms. The van der Waals surface area contributed by atoms with E-state index in [0.717, 1.165) is 48.2 Å². The van der Waals surface area contributed by atoms with Crippen LogP contribution in [0.1, 0.15) is 10.4 Å². The number of piperazine rings is 1. The Morgan fingerprint density at radius 1 is 0.840 bits per heavy atom. The Hall–Kier alpha value is -2.69. The lowest BCUT2D eigenvalue weighted by atomic mass is 10.0. The van der Waals surface area contributed by atoms with Gasteiger partial charge in [-0.1, -0.05) is 54.6 Å². The summed E-state index contributed by atoms with van der Waals surface area (Å²) in [6.45, 7) is 3.38. The Kier molecular flexibility index (Phi) is 4.46. The molecule has 4 nitrogen and oxygen atoms in total. The standard InChI is InChI=1S/C21H21N3O/c25-21(20-12-6-8-17-7-4-5-11-19(17)20)24(18-9-2-1-3-10-18)23-15-13-22-14-16-23/h1-12,22H,13-16H2. The fraction of sp³-hybridized carbons (Fsp3) is 0.190. The number of carbonyl (C=O) groups is 1. The maximum Gasteiger partial charge on any atom is 0.273 e. The largest absolute Gasteiger partial charge is 0.314 e. The number of hydrogen-bond acceptors (Lipinski definition) is 3. The van der Waals surface area contributed by atoms with E-state index in [0.29, 0.717) is 0 Å². The summed E-state index contributed by atoms with van der Waals surface area (Å²) < 4.78 is 0. The molecule has 25 heavy (non-hydrogen) atoms. The maximum atomic E-state index is 13.5. The minimum Gasteiger partial charge on any atom is -0.314 e. The van der Waals surface area contributed by atoms with Gasteiger partial charge >= 0.3 is 0 Å². The van der Waals surface area contributed by atoms with Gasteiger partial charge in [0.15, 0.2) is 0 Å². The number of rotatable bonds is 3. The van der Waals surface area contributed by atoms with Gasteiger partial charge in [-0.15, -0.1) is 0 Å². The molecule has 0 atom stereocenters. The van der Waals surface area contributed by atoms with E-state index in [1.165, 1.54) is 0 Å². The predicted molar refractivity (Wildman–Crippen MR) is 102 cm³/mol. The second-order valence-electron chi connectivity index (χ2n) is 6.18. The average molecular weight is 331 g/mol. The van der Waals surface area contributed by atoms with Crippen molar-refractivity contribution < 1.29 is 4.79 Å². The number of nitrogens with one attached hydrogen (secondary N) is 1. The highest BCUT2D eigenvalue weighted by molar-refractivity contribution is 6.13. The van der Waals surface area contributed by atoms with Crippen LogP contribution in [-0.4, -0.2) is 37.1 Å². The van der Waals surface area contributed by atoms with Crippen molar-refractivity contribution in [3.63, 3.8) is 0 Å². The van der Waals surface area contributed by atoms with E-state index in [2.05, 4.69) is 10.3 Å². The minimum atomic E-state index is 0.0184. The van der Waals surface area contributed by atoms with E-state index in [-0.39, 0.29) is 5.91 Å². The molecule has 4 rings (SSSR count). The Morgan fingerprint density at radius 2 is 1.52 bits per heavy atom. The lowest BCUT2D eigenvalue weighted by Gasteiger charge is -2.37. The third-order valence-corrected chi connectivity index (χ3v) is 4.59. The first-order chi connectivity index (χ1) is 12.3. The van der Waals surface area contributed by atoms with Crippen molar-refractivity contribution in [2.24, 2.45) is 0 Å². The molecule has 1 heterocycles. The van der Waals surface area contributed by atoms with Gasteiger partial charge in [0.1, 0.15) is 0 Å². The summed E-state index contributed by atoms with van der Waals surface area (Å²) in [4.78, 5) is 13.5. The molecule has 126 valence electrons. The first-order valence-electron chi connectivity index (χ1n) is 8.67. The Balaban J connectivity index is 1.79. The van der Waals surface area contributed by atoms with Gasteiger partial charge in [0.2, 0.25) is 0 Å². The first kappa shape index (κ1) is 15.8. The second kappa shape index (κ2) is 7.05. The van der Waals surface area contributed by atoms with E-state index < -0.39 is 0 Å². The van der Waals surface area contributed by atoms with E-state index in [1.54, 1.807) is 0 Å². The number of carbonyl (C=O) groups excluding carboxylic acids is 1. The summed E-state index contributed by atoms with van der Waals surface area (Å²) in [6, 6.07) is 23.9. The number of anilines is 1. The molecule has 1 fully saturated rings. The molecular formula is C21H21N3O. The Bertz CT molecular complexity index is 867. The fourth-order valence-electron chi connectivity index (χ4n) is 3.36. The number of amides is 1. The summed E-state index contributed by atoms with van der Waals surface area (Å²) in [6.07, 6.45) is 0. The molecule has 4 heteroatoms. The summed E-state index contributed by atoms with van der Waals surface area (Å²) in [5, 5.41) is 9.40. The number of fused-ring (bicyclic) bond motifs is 1. The van der Waals surface area contributed by atoms with Gasteiger partial charge in [0, 0.05) is 31.7 Å². The van der Waals surface area contributed by atoms with E-state index in [1.807, 2.05) is 77.8 Å². The van der Waals surface area contributed by atoms with Crippen molar-refractivity contribution in [3.05, 3.63) is 78.4 Å². The molecule has 0 unspecified atom stereocenters. The molecule has 1 N–H and O–H groups in total. The SMILES string of the molecule is O=C(c1cccc2ccccc12)N(c1ccccc1)N1CCNCC1. The first-order valence-corrected chi connectivity index (χ1v) is 8.67. The van der Waals surface area contributed by atoms with Crippen molar-refractivity contribution in [1.82, 2.24) is 10.3 Å².